The van der Waals surface area contributed by atoms with E-state index in [-0.39, 0.29) is 59.1 Å². The second-order valence-corrected chi connectivity index (χ2v) is 9.04. The van der Waals surface area contributed by atoms with Gasteiger partial charge in [0.15, 0.2) is 0 Å². The van der Waals surface area contributed by atoms with E-state index in [9.17, 15) is 19.7 Å². The average Bonchev–Trinajstić information content (AvgIpc) is 3.47. The van der Waals surface area contributed by atoms with Gasteiger partial charge in [0.05, 0.1) is 33.0 Å². The quantitative estimate of drug-likeness (QED) is 0.195. The van der Waals surface area contributed by atoms with Crippen LogP contribution in [0.4, 0.5) is 5.69 Å². The number of rotatable bonds is 6. The summed E-state index contributed by atoms with van der Waals surface area (Å²) in [5.41, 5.74) is 0.659. The second-order valence-electron chi connectivity index (χ2n) is 8.22. The normalized spacial score (nSPS) is 25.3. The number of para-hydroxylation sites is 1. The third kappa shape index (κ3) is 3.69. The Hall–Kier alpha value is -3.23. The van der Waals surface area contributed by atoms with E-state index in [1.54, 1.807) is 24.3 Å². The molecule has 0 N–H and O–H groups in total. The van der Waals surface area contributed by atoms with Gasteiger partial charge in [-0.2, -0.15) is 10.1 Å². The Labute approximate surface area is 198 Å². The molecule has 1 saturated heterocycles. The van der Waals surface area contributed by atoms with E-state index < -0.39 is 4.92 Å². The molecule has 0 aromatic heterocycles. The summed E-state index contributed by atoms with van der Waals surface area (Å²) in [5, 5.41) is 17.3. The SMILES string of the molecule is O=C1[C@@H]2[C@H](C(=O)N1N=Cc1cccc([N+](=O)[O-])c1OCc1ccc(Cl)c(Cl)c1)[C@H]1C=C[C@H]2C1. The van der Waals surface area contributed by atoms with Crippen molar-refractivity contribution in [3.8, 4) is 5.75 Å². The molecule has 2 amide bonds. The lowest BCUT2D eigenvalue weighted by atomic mass is 9.85. The van der Waals surface area contributed by atoms with E-state index in [0.29, 0.717) is 15.6 Å². The van der Waals surface area contributed by atoms with Crippen molar-refractivity contribution in [3.63, 3.8) is 0 Å². The fraction of sp³-hybridized carbons (Fsp3) is 0.261. The summed E-state index contributed by atoms with van der Waals surface area (Å²) in [6, 6.07) is 9.26. The maximum atomic E-state index is 12.8. The Morgan fingerprint density at radius 1 is 1.09 bits per heavy atom. The summed E-state index contributed by atoms with van der Waals surface area (Å²) < 4.78 is 5.77. The van der Waals surface area contributed by atoms with Crippen LogP contribution in [0.15, 0.2) is 53.7 Å². The summed E-state index contributed by atoms with van der Waals surface area (Å²) in [7, 11) is 0. The van der Waals surface area contributed by atoms with Crippen molar-refractivity contribution in [3.05, 3.63) is 79.8 Å². The van der Waals surface area contributed by atoms with E-state index in [2.05, 4.69) is 5.10 Å². The van der Waals surface area contributed by atoms with Gasteiger partial charge in [0.2, 0.25) is 5.75 Å². The van der Waals surface area contributed by atoms with Gasteiger partial charge in [0.1, 0.15) is 6.61 Å². The van der Waals surface area contributed by atoms with Gasteiger partial charge in [-0.25, -0.2) is 0 Å². The molecule has 4 atom stereocenters. The number of benzene rings is 2. The predicted octanol–water partition coefficient (Wildman–Crippen LogP) is 4.62. The van der Waals surface area contributed by atoms with Gasteiger partial charge in [-0.3, -0.25) is 19.7 Å². The number of nitro benzene ring substituents is 1. The number of fused-ring (bicyclic) bond motifs is 5. The molecule has 2 aromatic rings. The Morgan fingerprint density at radius 2 is 1.79 bits per heavy atom. The van der Waals surface area contributed by atoms with Crippen LogP contribution in [0.3, 0.4) is 0 Å². The van der Waals surface area contributed by atoms with Gasteiger partial charge in [-0.15, -0.1) is 0 Å². The molecule has 1 saturated carbocycles. The lowest BCUT2D eigenvalue weighted by Crippen LogP contribution is -2.28. The van der Waals surface area contributed by atoms with Crippen molar-refractivity contribution in [2.45, 2.75) is 13.0 Å². The minimum absolute atomic E-state index is 0.0106. The number of nitro groups is 1. The molecular formula is C23H17Cl2N3O5. The van der Waals surface area contributed by atoms with Crippen molar-refractivity contribution in [2.75, 3.05) is 0 Å². The van der Waals surface area contributed by atoms with E-state index in [1.807, 2.05) is 12.2 Å². The minimum Gasteiger partial charge on any atom is -0.481 e. The average molecular weight is 486 g/mol. The first-order valence-electron chi connectivity index (χ1n) is 10.3. The molecule has 3 aliphatic rings. The summed E-state index contributed by atoms with van der Waals surface area (Å²) in [6.45, 7) is -0.0106. The Kier molecular flexibility index (Phi) is 5.42. The third-order valence-electron chi connectivity index (χ3n) is 6.35. The van der Waals surface area contributed by atoms with Gasteiger partial charge < -0.3 is 4.74 Å². The Bertz CT molecular complexity index is 1210. The molecule has 2 bridgehead atoms. The molecule has 0 spiro atoms. The van der Waals surface area contributed by atoms with E-state index in [4.69, 9.17) is 27.9 Å². The molecule has 2 aromatic carbocycles. The number of carbonyl (C=O) groups excluding carboxylic acids is 2. The highest BCUT2D eigenvalue weighted by Gasteiger charge is 2.59. The van der Waals surface area contributed by atoms with E-state index >= 15 is 0 Å². The predicted molar refractivity (Wildman–Crippen MR) is 121 cm³/mol. The number of hydrogen-bond acceptors (Lipinski definition) is 6. The van der Waals surface area contributed by atoms with Crippen LogP contribution in [0.5, 0.6) is 5.75 Å². The van der Waals surface area contributed by atoms with Crippen LogP contribution in [0.25, 0.3) is 0 Å². The number of ether oxygens (including phenoxy) is 1. The molecule has 5 rings (SSSR count). The first-order chi connectivity index (χ1) is 15.8. The lowest BCUT2D eigenvalue weighted by molar-refractivity contribution is -0.385. The van der Waals surface area contributed by atoms with Gasteiger partial charge >= 0.3 is 5.69 Å². The smallest absolute Gasteiger partial charge is 0.311 e. The number of imide groups is 1. The highest BCUT2D eigenvalue weighted by atomic mass is 35.5. The van der Waals surface area contributed by atoms with Gasteiger partial charge in [-0.05, 0) is 42.0 Å². The van der Waals surface area contributed by atoms with Crippen LogP contribution in [0, 0.1) is 33.8 Å². The molecule has 33 heavy (non-hydrogen) atoms. The monoisotopic (exact) mass is 485 g/mol. The van der Waals surface area contributed by atoms with Crippen LogP contribution in [-0.4, -0.2) is 28.0 Å². The lowest BCUT2D eigenvalue weighted by Gasteiger charge is -2.13. The summed E-state index contributed by atoms with van der Waals surface area (Å²) >= 11 is 12.0. The highest BCUT2D eigenvalue weighted by molar-refractivity contribution is 6.42. The third-order valence-corrected chi connectivity index (χ3v) is 7.09. The van der Waals surface area contributed by atoms with Crippen LogP contribution < -0.4 is 4.74 Å². The molecule has 168 valence electrons. The zero-order chi connectivity index (χ0) is 23.3. The topological polar surface area (TPSA) is 102 Å². The maximum absolute atomic E-state index is 12.8. The van der Waals surface area contributed by atoms with Crippen LogP contribution >= 0.6 is 23.2 Å². The zero-order valence-corrected chi connectivity index (χ0v) is 18.6. The minimum atomic E-state index is -0.568. The number of halogens is 2. The highest BCUT2D eigenvalue weighted by Crippen LogP contribution is 2.52. The number of nitrogens with zero attached hydrogens (tertiary/aromatic N) is 3. The summed E-state index contributed by atoms with van der Waals surface area (Å²) in [6.07, 6.45) is 6.07. The molecule has 0 unspecified atom stereocenters. The molecular weight excluding hydrogens is 469 g/mol. The standard InChI is InChI=1S/C23H17Cl2N3O5/c24-16-7-4-12(8-17(16)25)11-33-21-15(2-1-3-18(21)28(31)32)10-26-27-22(29)19-13-5-6-14(9-13)20(19)23(27)30/h1-8,10,13-14,19-20H,9,11H2/t13-,14-,19-,20+/m0/s1. The number of hydrazone groups is 1. The van der Waals surface area contributed by atoms with Crippen LogP contribution in [0.1, 0.15) is 17.5 Å². The van der Waals surface area contributed by atoms with E-state index in [1.165, 1.54) is 18.3 Å². The van der Waals surface area contributed by atoms with Crippen molar-refractivity contribution in [1.29, 1.82) is 0 Å². The summed E-state index contributed by atoms with van der Waals surface area (Å²) in [4.78, 5) is 36.7. The molecule has 1 heterocycles. The van der Waals surface area contributed by atoms with Gasteiger partial charge in [0.25, 0.3) is 11.8 Å². The molecule has 0 radical (unpaired) electrons. The van der Waals surface area contributed by atoms with Gasteiger partial charge in [-0.1, -0.05) is 47.5 Å². The fourth-order valence-corrected chi connectivity index (χ4v) is 5.17. The molecule has 10 heteroatoms. The summed E-state index contributed by atoms with van der Waals surface area (Å²) in [5.74, 6) is -1.30. The van der Waals surface area contributed by atoms with Crippen LogP contribution in [0.2, 0.25) is 10.0 Å². The zero-order valence-electron chi connectivity index (χ0n) is 17.1. The number of hydrogen-bond donors (Lipinski definition) is 0. The van der Waals surface area contributed by atoms with Gasteiger partial charge in [0, 0.05) is 11.6 Å². The number of allylic oxidation sites excluding steroid dienone is 2. The Balaban J connectivity index is 1.41. The second kappa shape index (κ2) is 8.28. The maximum Gasteiger partial charge on any atom is 0.311 e. The van der Waals surface area contributed by atoms with Crippen LogP contribution in [-0.2, 0) is 16.2 Å². The molecule has 8 nitrogen and oxygen atoms in total. The first-order valence-corrected chi connectivity index (χ1v) is 11.0. The van der Waals surface area contributed by atoms with Crippen molar-refractivity contribution < 1.29 is 19.2 Å². The Morgan fingerprint density at radius 3 is 2.42 bits per heavy atom. The number of carbonyl (C=O) groups is 2. The van der Waals surface area contributed by atoms with E-state index in [0.717, 1.165) is 11.4 Å². The first kappa shape index (κ1) is 21.6. The fourth-order valence-electron chi connectivity index (χ4n) is 4.85. The van der Waals surface area contributed by atoms with Crippen molar-refractivity contribution in [1.82, 2.24) is 5.01 Å². The van der Waals surface area contributed by atoms with Crippen molar-refractivity contribution >= 4 is 46.9 Å². The largest absolute Gasteiger partial charge is 0.481 e. The van der Waals surface area contributed by atoms with Crippen molar-refractivity contribution in [2.24, 2.45) is 28.8 Å². The number of amides is 2. The molecule has 2 fully saturated rings. The molecule has 1 aliphatic heterocycles. The molecule has 2 aliphatic carbocycles.